The monoisotopic (exact) mass is 210 g/mol. The van der Waals surface area contributed by atoms with Gasteiger partial charge in [0.05, 0.1) is 12.6 Å². The lowest BCUT2D eigenvalue weighted by Gasteiger charge is -2.11. The van der Waals surface area contributed by atoms with Crippen molar-refractivity contribution in [1.82, 2.24) is 5.32 Å². The van der Waals surface area contributed by atoms with Crippen LogP contribution in [0.5, 0.6) is 0 Å². The van der Waals surface area contributed by atoms with E-state index in [0.717, 1.165) is 29.0 Å². The van der Waals surface area contributed by atoms with E-state index in [-0.39, 0.29) is 6.04 Å². The van der Waals surface area contributed by atoms with Gasteiger partial charge in [-0.2, -0.15) is 0 Å². The average molecular weight is 210 g/mol. The first-order valence-corrected chi connectivity index (χ1v) is 5.74. The molecule has 1 aromatic rings. The second-order valence-corrected chi connectivity index (χ2v) is 4.43. The number of aliphatic imine (C=N–C) groups is 1. The Balaban J connectivity index is 1.98. The first kappa shape index (κ1) is 9.65. The Morgan fingerprint density at radius 2 is 2.43 bits per heavy atom. The van der Waals surface area contributed by atoms with E-state index < -0.39 is 0 Å². The maximum Gasteiger partial charge on any atom is 0.157 e. The van der Waals surface area contributed by atoms with Crippen LogP contribution in [-0.4, -0.2) is 17.5 Å². The van der Waals surface area contributed by atoms with Gasteiger partial charge in [-0.05, 0) is 26.0 Å². The number of nitrogens with zero attached hydrogens (tertiary/aromatic N) is 1. The molecule has 0 aromatic carbocycles. The summed E-state index contributed by atoms with van der Waals surface area (Å²) in [6, 6.07) is 4.19. The number of amidine groups is 1. The molecule has 0 saturated carbocycles. The van der Waals surface area contributed by atoms with Crippen molar-refractivity contribution in [2.75, 3.05) is 12.3 Å². The molecule has 0 radical (unpaired) electrons. The number of rotatable bonds is 2. The number of hydrogen-bond acceptors (Lipinski definition) is 4. The van der Waals surface area contributed by atoms with Crippen molar-refractivity contribution in [2.45, 2.75) is 19.9 Å². The summed E-state index contributed by atoms with van der Waals surface area (Å²) in [5.41, 5.74) is 0. The molecule has 0 fully saturated rings. The van der Waals surface area contributed by atoms with E-state index in [2.05, 4.69) is 17.2 Å². The second-order valence-electron chi connectivity index (χ2n) is 3.35. The molecular formula is C10H14N2OS. The molecule has 76 valence electrons. The van der Waals surface area contributed by atoms with Crippen molar-refractivity contribution >= 4 is 16.9 Å². The second kappa shape index (κ2) is 4.09. The SMILES string of the molecule is Cc1ccc(C(C)NC2=NCCS2)o1. The number of aryl methyl sites for hydroxylation is 1. The zero-order valence-electron chi connectivity index (χ0n) is 8.41. The summed E-state index contributed by atoms with van der Waals surface area (Å²) in [5.74, 6) is 3.01. The zero-order chi connectivity index (χ0) is 9.97. The molecule has 4 heteroatoms. The molecule has 0 bridgehead atoms. The lowest BCUT2D eigenvalue weighted by atomic mass is 10.2. The van der Waals surface area contributed by atoms with E-state index in [4.69, 9.17) is 4.42 Å². The van der Waals surface area contributed by atoms with Gasteiger partial charge in [-0.15, -0.1) is 0 Å². The highest BCUT2D eigenvalue weighted by Gasteiger charge is 2.13. The van der Waals surface area contributed by atoms with Crippen LogP contribution < -0.4 is 5.32 Å². The molecule has 0 aliphatic carbocycles. The standard InChI is InChI=1S/C10H14N2OS/c1-7-3-4-9(13-7)8(2)12-10-11-5-6-14-10/h3-4,8H,5-6H2,1-2H3,(H,11,12). The van der Waals surface area contributed by atoms with Gasteiger partial charge in [-0.1, -0.05) is 11.8 Å². The average Bonchev–Trinajstić information content (AvgIpc) is 2.75. The van der Waals surface area contributed by atoms with Crippen molar-refractivity contribution in [3.63, 3.8) is 0 Å². The quantitative estimate of drug-likeness (QED) is 0.814. The molecule has 1 atom stereocenters. The third-order valence-corrected chi connectivity index (χ3v) is 3.02. The number of furan rings is 1. The normalized spacial score (nSPS) is 18.0. The van der Waals surface area contributed by atoms with Crippen LogP contribution in [0.15, 0.2) is 21.5 Å². The van der Waals surface area contributed by atoms with Crippen LogP contribution in [0.2, 0.25) is 0 Å². The Labute approximate surface area is 88.0 Å². The molecule has 0 spiro atoms. The third-order valence-electron chi connectivity index (χ3n) is 2.11. The molecule has 2 rings (SSSR count). The Bertz CT molecular complexity index is 346. The molecule has 2 heterocycles. The first-order chi connectivity index (χ1) is 6.75. The van der Waals surface area contributed by atoms with Gasteiger partial charge >= 0.3 is 0 Å². The predicted molar refractivity (Wildman–Crippen MR) is 59.8 cm³/mol. The van der Waals surface area contributed by atoms with Gasteiger partial charge in [0.2, 0.25) is 0 Å². The summed E-state index contributed by atoms with van der Waals surface area (Å²) >= 11 is 1.77. The molecular weight excluding hydrogens is 196 g/mol. The summed E-state index contributed by atoms with van der Waals surface area (Å²) in [6.45, 7) is 4.97. The van der Waals surface area contributed by atoms with Crippen LogP contribution in [-0.2, 0) is 0 Å². The summed E-state index contributed by atoms with van der Waals surface area (Å²) in [7, 11) is 0. The van der Waals surface area contributed by atoms with Crippen LogP contribution in [0.3, 0.4) is 0 Å². The fourth-order valence-electron chi connectivity index (χ4n) is 1.36. The number of nitrogens with one attached hydrogen (secondary N) is 1. The van der Waals surface area contributed by atoms with E-state index in [1.165, 1.54) is 0 Å². The highest BCUT2D eigenvalue weighted by Crippen LogP contribution is 2.18. The molecule has 1 aliphatic rings. The fraction of sp³-hybridized carbons (Fsp3) is 0.500. The fourth-order valence-corrected chi connectivity index (χ4v) is 2.18. The summed E-state index contributed by atoms with van der Waals surface area (Å²) < 4.78 is 5.53. The Morgan fingerprint density at radius 3 is 3.00 bits per heavy atom. The lowest BCUT2D eigenvalue weighted by molar-refractivity contribution is 0.444. The molecule has 1 unspecified atom stereocenters. The molecule has 1 aromatic heterocycles. The molecule has 14 heavy (non-hydrogen) atoms. The first-order valence-electron chi connectivity index (χ1n) is 4.76. The maximum atomic E-state index is 5.53. The minimum atomic E-state index is 0.202. The van der Waals surface area contributed by atoms with Crippen molar-refractivity contribution in [3.05, 3.63) is 23.7 Å². The number of thioether (sulfide) groups is 1. The van der Waals surface area contributed by atoms with Gasteiger partial charge in [0.25, 0.3) is 0 Å². The van der Waals surface area contributed by atoms with E-state index in [1.54, 1.807) is 11.8 Å². The minimum absolute atomic E-state index is 0.202. The minimum Gasteiger partial charge on any atom is -0.464 e. The van der Waals surface area contributed by atoms with Gasteiger partial charge < -0.3 is 9.73 Å². The van der Waals surface area contributed by atoms with Gasteiger partial charge in [-0.3, -0.25) is 4.99 Å². The molecule has 1 aliphatic heterocycles. The van der Waals surface area contributed by atoms with Crippen molar-refractivity contribution < 1.29 is 4.42 Å². The lowest BCUT2D eigenvalue weighted by Crippen LogP contribution is -2.22. The van der Waals surface area contributed by atoms with Crippen molar-refractivity contribution in [2.24, 2.45) is 4.99 Å². The Morgan fingerprint density at radius 1 is 1.57 bits per heavy atom. The van der Waals surface area contributed by atoms with Crippen LogP contribution in [0.1, 0.15) is 24.5 Å². The van der Waals surface area contributed by atoms with Crippen LogP contribution in [0.4, 0.5) is 0 Å². The van der Waals surface area contributed by atoms with Gasteiger partial charge in [-0.25, -0.2) is 0 Å². The zero-order valence-corrected chi connectivity index (χ0v) is 9.23. The number of hydrogen-bond donors (Lipinski definition) is 1. The van der Waals surface area contributed by atoms with E-state index in [1.807, 2.05) is 19.1 Å². The predicted octanol–water partition coefficient (Wildman–Crippen LogP) is 2.34. The Hall–Kier alpha value is -0.900. The smallest absolute Gasteiger partial charge is 0.157 e. The van der Waals surface area contributed by atoms with E-state index in [9.17, 15) is 0 Å². The van der Waals surface area contributed by atoms with Gasteiger partial charge in [0, 0.05) is 5.75 Å². The highest BCUT2D eigenvalue weighted by molar-refractivity contribution is 8.14. The van der Waals surface area contributed by atoms with Crippen LogP contribution in [0, 0.1) is 6.92 Å². The highest BCUT2D eigenvalue weighted by atomic mass is 32.2. The molecule has 0 saturated heterocycles. The van der Waals surface area contributed by atoms with Gasteiger partial charge in [0.15, 0.2) is 5.17 Å². The Kier molecular flexibility index (Phi) is 2.82. The largest absolute Gasteiger partial charge is 0.464 e. The van der Waals surface area contributed by atoms with Crippen LogP contribution in [0.25, 0.3) is 0 Å². The van der Waals surface area contributed by atoms with Crippen LogP contribution >= 0.6 is 11.8 Å². The van der Waals surface area contributed by atoms with Gasteiger partial charge in [0.1, 0.15) is 11.5 Å². The molecule has 0 amide bonds. The summed E-state index contributed by atoms with van der Waals surface area (Å²) in [5, 5.41) is 4.36. The topological polar surface area (TPSA) is 37.5 Å². The van der Waals surface area contributed by atoms with Crippen molar-refractivity contribution in [1.29, 1.82) is 0 Å². The summed E-state index contributed by atoms with van der Waals surface area (Å²) in [6.07, 6.45) is 0. The maximum absolute atomic E-state index is 5.53. The van der Waals surface area contributed by atoms with E-state index in [0.29, 0.717) is 0 Å². The third kappa shape index (κ3) is 2.12. The summed E-state index contributed by atoms with van der Waals surface area (Å²) in [4.78, 5) is 4.33. The van der Waals surface area contributed by atoms with Crippen molar-refractivity contribution in [3.8, 4) is 0 Å². The molecule has 3 nitrogen and oxygen atoms in total. The van der Waals surface area contributed by atoms with E-state index >= 15 is 0 Å². The molecule has 1 N–H and O–H groups in total.